The molecule has 2 amide bonds. The second-order valence-corrected chi connectivity index (χ2v) is 7.01. The lowest BCUT2D eigenvalue weighted by molar-refractivity contribution is -0.269. The van der Waals surface area contributed by atoms with Gasteiger partial charge in [0, 0.05) is 6.54 Å². The van der Waals surface area contributed by atoms with Gasteiger partial charge in [-0.05, 0) is 23.5 Å². The molecule has 0 aliphatic rings. The van der Waals surface area contributed by atoms with Crippen molar-refractivity contribution in [2.45, 2.75) is 38.9 Å². The molecule has 0 aliphatic carbocycles. The molecule has 0 unspecified atom stereocenters. The van der Waals surface area contributed by atoms with Crippen LogP contribution in [0.2, 0.25) is 0 Å². The summed E-state index contributed by atoms with van der Waals surface area (Å²) in [5.74, 6) is -0.811. The summed E-state index contributed by atoms with van der Waals surface area (Å²) in [5, 5.41) is 14.4. The van der Waals surface area contributed by atoms with E-state index in [1.807, 2.05) is 36.4 Å². The molecule has 0 radical (unpaired) electrons. The first kappa shape index (κ1) is 21.2. The average Bonchev–Trinajstić information content (AvgIpc) is 2.68. The molecule has 148 valence electrons. The average molecular weight is 381 g/mol. The summed E-state index contributed by atoms with van der Waals surface area (Å²) in [6.07, 6.45) is -0.420. The summed E-state index contributed by atoms with van der Waals surface area (Å²) < 4.78 is 0. The highest BCUT2D eigenvalue weighted by atomic mass is 16.4. The Bertz CT molecular complexity index is 778. The van der Waals surface area contributed by atoms with Gasteiger partial charge in [-0.25, -0.2) is 0 Å². The van der Waals surface area contributed by atoms with Crippen molar-refractivity contribution < 1.29 is 19.5 Å². The van der Waals surface area contributed by atoms with Gasteiger partial charge in [-0.3, -0.25) is 4.79 Å². The van der Waals surface area contributed by atoms with Crippen LogP contribution in [-0.4, -0.2) is 35.3 Å². The molecule has 2 rings (SSSR count). The molecular weight excluding hydrogens is 356 g/mol. The van der Waals surface area contributed by atoms with Crippen LogP contribution >= 0.6 is 0 Å². The highest BCUT2D eigenvalue weighted by Crippen LogP contribution is 2.16. The van der Waals surface area contributed by atoms with Gasteiger partial charge in [0.25, 0.3) is 0 Å². The van der Waals surface area contributed by atoms with Gasteiger partial charge in [0.2, 0.25) is 5.91 Å². The number of benzene rings is 2. The van der Waals surface area contributed by atoms with E-state index < -0.39 is 24.1 Å². The van der Waals surface area contributed by atoms with Crippen molar-refractivity contribution in [1.82, 2.24) is 10.2 Å². The Morgan fingerprint density at radius 3 is 2.00 bits per heavy atom. The van der Waals surface area contributed by atoms with E-state index in [1.54, 1.807) is 38.1 Å². The number of nitrogens with zero attached hydrogens (tertiary/aromatic N) is 1. The first-order valence-corrected chi connectivity index (χ1v) is 9.23. The summed E-state index contributed by atoms with van der Waals surface area (Å²) >= 11 is 0. The van der Waals surface area contributed by atoms with Gasteiger partial charge >= 0.3 is 0 Å². The smallest absolute Gasteiger partial charge is 0.243 e. The van der Waals surface area contributed by atoms with Crippen LogP contribution in [0.1, 0.15) is 25.0 Å². The minimum Gasteiger partial charge on any atom is -0.530 e. The van der Waals surface area contributed by atoms with Crippen molar-refractivity contribution >= 4 is 18.3 Å². The van der Waals surface area contributed by atoms with E-state index in [2.05, 4.69) is 5.32 Å². The third-order valence-corrected chi connectivity index (χ3v) is 4.46. The van der Waals surface area contributed by atoms with Crippen LogP contribution in [0, 0.1) is 5.92 Å². The molecule has 0 aromatic heterocycles. The first-order valence-electron chi connectivity index (χ1n) is 9.23. The van der Waals surface area contributed by atoms with Crippen LogP contribution in [0.4, 0.5) is 4.79 Å². The zero-order chi connectivity index (χ0) is 20.5. The maximum absolute atomic E-state index is 12.9. The normalized spacial score (nSPS) is 12.8. The molecule has 2 aromatic rings. The summed E-state index contributed by atoms with van der Waals surface area (Å²) in [4.78, 5) is 37.1. The van der Waals surface area contributed by atoms with E-state index in [-0.39, 0.29) is 12.5 Å². The van der Waals surface area contributed by atoms with Crippen LogP contribution < -0.4 is 10.4 Å². The number of carboxylic acid groups (broad SMARTS) is 1. The van der Waals surface area contributed by atoms with Crippen molar-refractivity contribution in [3.63, 3.8) is 0 Å². The maximum Gasteiger partial charge on any atom is 0.243 e. The van der Waals surface area contributed by atoms with E-state index in [9.17, 15) is 19.5 Å². The maximum atomic E-state index is 12.9. The third kappa shape index (κ3) is 5.94. The second-order valence-electron chi connectivity index (χ2n) is 7.01. The number of carbonyl (C=O) groups excluding carboxylic acids is 3. The highest BCUT2D eigenvalue weighted by molar-refractivity contribution is 5.87. The van der Waals surface area contributed by atoms with Crippen molar-refractivity contribution in [2.24, 2.45) is 5.92 Å². The molecule has 28 heavy (non-hydrogen) atoms. The molecule has 2 atom stereocenters. The molecule has 0 aliphatic heterocycles. The summed E-state index contributed by atoms with van der Waals surface area (Å²) in [5.41, 5.74) is 1.66. The summed E-state index contributed by atoms with van der Waals surface area (Å²) in [6, 6.07) is 16.6. The molecule has 0 saturated heterocycles. The molecule has 0 saturated carbocycles. The Balaban J connectivity index is 2.16. The highest BCUT2D eigenvalue weighted by Gasteiger charge is 2.30. The predicted octanol–water partition coefficient (Wildman–Crippen LogP) is 1.78. The Labute approximate surface area is 165 Å². The molecule has 6 heteroatoms. The third-order valence-electron chi connectivity index (χ3n) is 4.46. The van der Waals surface area contributed by atoms with Crippen LogP contribution in [0.15, 0.2) is 60.7 Å². The molecule has 0 heterocycles. The SMILES string of the molecule is CC(C)[C@@H](C(=O)N[C@H](C=O)Cc1ccccc1)N(Cc1ccccc1)C(=O)[O-]. The van der Waals surface area contributed by atoms with Gasteiger partial charge in [0.1, 0.15) is 18.4 Å². The standard InChI is InChI=1S/C22H26N2O4/c1-16(2)20(24(22(27)28)14-18-11-7-4-8-12-18)21(26)23-19(15-25)13-17-9-5-3-6-10-17/h3-12,15-16,19-20H,13-14H2,1-2H3,(H,23,26)(H,27,28)/p-1/t19-,20-/m0/s1. The van der Waals surface area contributed by atoms with E-state index >= 15 is 0 Å². The number of carbonyl (C=O) groups is 3. The quantitative estimate of drug-likeness (QED) is 0.671. The number of amides is 2. The Morgan fingerprint density at radius 2 is 1.54 bits per heavy atom. The number of hydrogen-bond acceptors (Lipinski definition) is 4. The Hall–Kier alpha value is -3.15. The number of nitrogens with one attached hydrogen (secondary N) is 1. The van der Waals surface area contributed by atoms with Crippen LogP contribution in [0.25, 0.3) is 0 Å². The zero-order valence-electron chi connectivity index (χ0n) is 16.1. The van der Waals surface area contributed by atoms with Gasteiger partial charge in [-0.15, -0.1) is 0 Å². The minimum absolute atomic E-state index is 0.0316. The van der Waals surface area contributed by atoms with E-state index in [1.165, 1.54) is 0 Å². The Morgan fingerprint density at radius 1 is 1.00 bits per heavy atom. The van der Waals surface area contributed by atoms with Gasteiger partial charge in [-0.1, -0.05) is 74.5 Å². The van der Waals surface area contributed by atoms with Gasteiger partial charge in [-0.2, -0.15) is 0 Å². The lowest BCUT2D eigenvalue weighted by Gasteiger charge is -2.36. The topological polar surface area (TPSA) is 89.5 Å². The molecule has 0 bridgehead atoms. The number of hydrogen-bond donors (Lipinski definition) is 1. The zero-order valence-corrected chi connectivity index (χ0v) is 16.1. The largest absolute Gasteiger partial charge is 0.530 e. The fourth-order valence-corrected chi connectivity index (χ4v) is 3.13. The molecule has 0 spiro atoms. The van der Waals surface area contributed by atoms with Gasteiger partial charge in [0.05, 0.1) is 6.04 Å². The van der Waals surface area contributed by atoms with E-state index in [0.29, 0.717) is 12.7 Å². The monoisotopic (exact) mass is 381 g/mol. The van der Waals surface area contributed by atoms with Crippen molar-refractivity contribution in [2.75, 3.05) is 0 Å². The molecular formula is C22H25N2O4-. The fourth-order valence-electron chi connectivity index (χ4n) is 3.13. The molecule has 2 aromatic carbocycles. The minimum atomic E-state index is -1.43. The van der Waals surface area contributed by atoms with Gasteiger partial charge < -0.3 is 24.9 Å². The number of rotatable bonds is 9. The number of aldehydes is 1. The van der Waals surface area contributed by atoms with Crippen LogP contribution in [0.5, 0.6) is 0 Å². The first-order chi connectivity index (χ1) is 13.4. The predicted molar refractivity (Wildman–Crippen MR) is 104 cm³/mol. The lowest BCUT2D eigenvalue weighted by atomic mass is 9.99. The summed E-state index contributed by atoms with van der Waals surface area (Å²) in [7, 11) is 0. The van der Waals surface area contributed by atoms with Crippen molar-refractivity contribution in [1.29, 1.82) is 0 Å². The fraction of sp³-hybridized carbons (Fsp3) is 0.318. The van der Waals surface area contributed by atoms with E-state index in [0.717, 1.165) is 16.0 Å². The molecule has 0 fully saturated rings. The van der Waals surface area contributed by atoms with Gasteiger partial charge in [0.15, 0.2) is 0 Å². The lowest BCUT2D eigenvalue weighted by Crippen LogP contribution is -2.57. The molecule has 1 N–H and O–H groups in total. The van der Waals surface area contributed by atoms with Crippen molar-refractivity contribution in [3.05, 3.63) is 71.8 Å². The van der Waals surface area contributed by atoms with Crippen molar-refractivity contribution in [3.8, 4) is 0 Å². The van der Waals surface area contributed by atoms with Crippen LogP contribution in [-0.2, 0) is 22.6 Å². The second kappa shape index (κ2) is 10.3. The van der Waals surface area contributed by atoms with E-state index in [4.69, 9.17) is 0 Å². The molecule has 6 nitrogen and oxygen atoms in total. The van der Waals surface area contributed by atoms with Crippen LogP contribution in [0.3, 0.4) is 0 Å². The Kier molecular flexibility index (Phi) is 7.75. The summed E-state index contributed by atoms with van der Waals surface area (Å²) in [6.45, 7) is 3.56.